The van der Waals surface area contributed by atoms with Gasteiger partial charge in [-0.05, 0) is 44.0 Å². The Bertz CT molecular complexity index is 400. The van der Waals surface area contributed by atoms with Crippen LogP contribution < -0.4 is 5.32 Å². The highest BCUT2D eigenvalue weighted by molar-refractivity contribution is 5.24. The van der Waals surface area contributed by atoms with E-state index < -0.39 is 17.2 Å². The number of benzene rings is 1. The Morgan fingerprint density at radius 2 is 2.12 bits per heavy atom. The normalized spacial score (nSPS) is 24.4. The molecule has 1 aromatic rings. The fourth-order valence-corrected chi connectivity index (χ4v) is 2.38. The number of nitrogens with one attached hydrogen (secondary N) is 1. The first-order valence-electron chi connectivity index (χ1n) is 5.90. The number of hydrogen-bond acceptors (Lipinski definition) is 2. The second-order valence-corrected chi connectivity index (χ2v) is 4.82. The molecule has 0 spiro atoms. The predicted molar refractivity (Wildman–Crippen MR) is 61.5 cm³/mol. The zero-order valence-corrected chi connectivity index (χ0v) is 9.84. The molecule has 17 heavy (non-hydrogen) atoms. The molecule has 0 bridgehead atoms. The molecule has 0 aliphatic carbocycles. The Morgan fingerprint density at radius 1 is 1.35 bits per heavy atom. The molecule has 1 saturated heterocycles. The van der Waals surface area contributed by atoms with Crippen LogP contribution in [0.1, 0.15) is 25.3 Å². The Kier molecular flexibility index (Phi) is 3.45. The zero-order chi connectivity index (χ0) is 12.5. The predicted octanol–water partition coefficient (Wildman–Crippen LogP) is 2.17. The van der Waals surface area contributed by atoms with E-state index in [1.54, 1.807) is 6.92 Å². The first kappa shape index (κ1) is 12.5. The minimum Gasteiger partial charge on any atom is -0.385 e. The van der Waals surface area contributed by atoms with Gasteiger partial charge in [0.15, 0.2) is 11.6 Å². The standard InChI is InChI=1S/C13H17F2NO/c1-13(17,10-3-2-6-16-8-10)9-4-5-11(14)12(15)7-9/h4-5,7,10,16-17H,2-3,6,8H2,1H3. The highest BCUT2D eigenvalue weighted by Gasteiger charge is 2.34. The van der Waals surface area contributed by atoms with Gasteiger partial charge in [-0.1, -0.05) is 6.07 Å². The summed E-state index contributed by atoms with van der Waals surface area (Å²) >= 11 is 0. The number of piperidine rings is 1. The van der Waals surface area contributed by atoms with Crippen LogP contribution in [-0.4, -0.2) is 18.2 Å². The number of hydrogen-bond donors (Lipinski definition) is 2. The molecule has 2 rings (SSSR count). The summed E-state index contributed by atoms with van der Waals surface area (Å²) in [5.41, 5.74) is -0.688. The van der Waals surface area contributed by atoms with Crippen LogP contribution in [0.2, 0.25) is 0 Å². The van der Waals surface area contributed by atoms with Gasteiger partial charge in [-0.15, -0.1) is 0 Å². The van der Waals surface area contributed by atoms with Crippen molar-refractivity contribution in [3.8, 4) is 0 Å². The van der Waals surface area contributed by atoms with E-state index in [1.807, 2.05) is 0 Å². The molecule has 1 fully saturated rings. The third-order valence-corrected chi connectivity index (χ3v) is 3.60. The van der Waals surface area contributed by atoms with Crippen molar-refractivity contribution >= 4 is 0 Å². The van der Waals surface area contributed by atoms with Crippen LogP contribution in [-0.2, 0) is 5.60 Å². The van der Waals surface area contributed by atoms with Gasteiger partial charge in [0.1, 0.15) is 0 Å². The third kappa shape index (κ3) is 2.48. The van der Waals surface area contributed by atoms with E-state index >= 15 is 0 Å². The van der Waals surface area contributed by atoms with Gasteiger partial charge in [-0.3, -0.25) is 0 Å². The largest absolute Gasteiger partial charge is 0.385 e. The van der Waals surface area contributed by atoms with Crippen LogP contribution in [0.4, 0.5) is 8.78 Å². The second-order valence-electron chi connectivity index (χ2n) is 4.82. The molecule has 0 radical (unpaired) electrons. The van der Waals surface area contributed by atoms with Gasteiger partial charge in [0.05, 0.1) is 5.60 Å². The highest BCUT2D eigenvalue weighted by Crippen LogP contribution is 2.33. The lowest BCUT2D eigenvalue weighted by molar-refractivity contribution is -0.0159. The Hall–Kier alpha value is -1.00. The van der Waals surface area contributed by atoms with Crippen molar-refractivity contribution in [2.45, 2.75) is 25.4 Å². The first-order valence-corrected chi connectivity index (χ1v) is 5.90. The molecule has 2 N–H and O–H groups in total. The van der Waals surface area contributed by atoms with Crippen molar-refractivity contribution in [2.24, 2.45) is 5.92 Å². The van der Waals surface area contributed by atoms with Crippen molar-refractivity contribution in [2.75, 3.05) is 13.1 Å². The maximum Gasteiger partial charge on any atom is 0.159 e. The van der Waals surface area contributed by atoms with Crippen molar-refractivity contribution < 1.29 is 13.9 Å². The smallest absolute Gasteiger partial charge is 0.159 e. The summed E-state index contributed by atoms with van der Waals surface area (Å²) in [6, 6.07) is 3.60. The minimum atomic E-state index is -1.12. The van der Waals surface area contributed by atoms with E-state index in [2.05, 4.69) is 5.32 Å². The van der Waals surface area contributed by atoms with Gasteiger partial charge in [0.25, 0.3) is 0 Å². The van der Waals surface area contributed by atoms with E-state index in [-0.39, 0.29) is 5.92 Å². The lowest BCUT2D eigenvalue weighted by Crippen LogP contribution is -2.42. The maximum absolute atomic E-state index is 13.2. The van der Waals surface area contributed by atoms with E-state index in [4.69, 9.17) is 0 Å². The fourth-order valence-electron chi connectivity index (χ4n) is 2.38. The van der Waals surface area contributed by atoms with E-state index in [9.17, 15) is 13.9 Å². The molecule has 1 aliphatic rings. The lowest BCUT2D eigenvalue weighted by Gasteiger charge is -2.36. The number of rotatable bonds is 2. The average Bonchev–Trinajstić information content (AvgIpc) is 2.33. The summed E-state index contributed by atoms with van der Waals surface area (Å²) in [6.45, 7) is 3.31. The highest BCUT2D eigenvalue weighted by atomic mass is 19.2. The molecular weight excluding hydrogens is 224 g/mol. The molecule has 94 valence electrons. The summed E-state index contributed by atoms with van der Waals surface area (Å²) in [5, 5.41) is 13.7. The third-order valence-electron chi connectivity index (χ3n) is 3.60. The van der Waals surface area contributed by atoms with Crippen molar-refractivity contribution in [3.05, 3.63) is 35.4 Å². The van der Waals surface area contributed by atoms with Gasteiger partial charge in [0, 0.05) is 12.5 Å². The maximum atomic E-state index is 13.2. The molecular formula is C13H17F2NO. The lowest BCUT2D eigenvalue weighted by atomic mass is 9.79. The van der Waals surface area contributed by atoms with Crippen molar-refractivity contribution in [3.63, 3.8) is 0 Å². The Morgan fingerprint density at radius 3 is 2.71 bits per heavy atom. The molecule has 1 aromatic carbocycles. The van der Waals surface area contributed by atoms with Crippen LogP contribution in [0.15, 0.2) is 18.2 Å². The number of halogens is 2. The van der Waals surface area contributed by atoms with Crippen LogP contribution in [0.25, 0.3) is 0 Å². The van der Waals surface area contributed by atoms with Gasteiger partial charge in [0.2, 0.25) is 0 Å². The van der Waals surface area contributed by atoms with E-state index in [0.717, 1.165) is 31.5 Å². The van der Waals surface area contributed by atoms with E-state index in [1.165, 1.54) is 6.07 Å². The van der Waals surface area contributed by atoms with Crippen molar-refractivity contribution in [1.29, 1.82) is 0 Å². The SMILES string of the molecule is CC(O)(c1ccc(F)c(F)c1)C1CCCNC1. The monoisotopic (exact) mass is 241 g/mol. The molecule has 0 saturated carbocycles. The van der Waals surface area contributed by atoms with Crippen molar-refractivity contribution in [1.82, 2.24) is 5.32 Å². The molecule has 0 aromatic heterocycles. The van der Waals surface area contributed by atoms with Crippen LogP contribution in [0.3, 0.4) is 0 Å². The Labute approximate surface area is 99.7 Å². The summed E-state index contributed by atoms with van der Waals surface area (Å²) in [7, 11) is 0. The van der Waals surface area contributed by atoms with Crippen LogP contribution in [0.5, 0.6) is 0 Å². The fraction of sp³-hybridized carbons (Fsp3) is 0.538. The molecule has 4 heteroatoms. The summed E-state index contributed by atoms with van der Waals surface area (Å²) in [6.07, 6.45) is 1.88. The molecule has 2 unspecified atom stereocenters. The molecule has 1 heterocycles. The summed E-state index contributed by atoms with van der Waals surface area (Å²) < 4.78 is 26.0. The van der Waals surface area contributed by atoms with E-state index in [0.29, 0.717) is 12.1 Å². The first-order chi connectivity index (χ1) is 8.01. The Balaban J connectivity index is 2.26. The summed E-state index contributed by atoms with van der Waals surface area (Å²) in [5.74, 6) is -1.76. The van der Waals surface area contributed by atoms with Gasteiger partial charge >= 0.3 is 0 Å². The van der Waals surface area contributed by atoms with Gasteiger partial charge in [-0.2, -0.15) is 0 Å². The topological polar surface area (TPSA) is 32.3 Å². The molecule has 2 nitrogen and oxygen atoms in total. The zero-order valence-electron chi connectivity index (χ0n) is 9.84. The average molecular weight is 241 g/mol. The minimum absolute atomic E-state index is 0.0288. The van der Waals surface area contributed by atoms with Gasteiger partial charge < -0.3 is 10.4 Å². The second kappa shape index (κ2) is 4.70. The molecule has 2 atom stereocenters. The quantitative estimate of drug-likeness (QED) is 0.831. The molecule has 0 amide bonds. The number of aliphatic hydroxyl groups is 1. The summed E-state index contributed by atoms with van der Waals surface area (Å²) in [4.78, 5) is 0. The van der Waals surface area contributed by atoms with Crippen LogP contribution in [0, 0.1) is 17.6 Å². The molecule has 1 aliphatic heterocycles. The van der Waals surface area contributed by atoms with Gasteiger partial charge in [-0.25, -0.2) is 8.78 Å². The van der Waals surface area contributed by atoms with Crippen LogP contribution >= 0.6 is 0 Å².